The summed E-state index contributed by atoms with van der Waals surface area (Å²) < 4.78 is 0. The molecule has 0 aromatic heterocycles. The lowest BCUT2D eigenvalue weighted by atomic mass is 9.37. The minimum absolute atomic E-state index is 0.0497. The molecule has 0 spiro atoms. The van der Waals surface area contributed by atoms with Gasteiger partial charge in [-0.05, 0) is 41.9 Å². The molecule has 0 bridgehead atoms. The van der Waals surface area contributed by atoms with E-state index in [2.05, 4.69) is 0 Å². The molecule has 2 saturated carbocycles. The maximum atomic E-state index is 14.3. The van der Waals surface area contributed by atoms with Crippen molar-refractivity contribution in [2.24, 2.45) is 34.5 Å². The first kappa shape index (κ1) is 27.3. The monoisotopic (exact) mass is 512 g/mol. The number of hydrogen-bond acceptors (Lipinski definition) is 8. The molecule has 4 rings (SSSR count). The summed E-state index contributed by atoms with van der Waals surface area (Å²) in [7, 11) is 0. The summed E-state index contributed by atoms with van der Waals surface area (Å²) >= 11 is 0. The van der Waals surface area contributed by atoms with Gasteiger partial charge in [-0.2, -0.15) is 0 Å². The van der Waals surface area contributed by atoms with Gasteiger partial charge in [0.25, 0.3) is 0 Å². The zero-order valence-electron chi connectivity index (χ0n) is 22.6. The fourth-order valence-corrected chi connectivity index (χ4v) is 7.96. The number of carbonyl (C=O) groups is 5. The van der Waals surface area contributed by atoms with E-state index < -0.39 is 81.0 Å². The number of phenolic OH excluding ortho intramolecular Hbond substituents is 1. The fraction of sp³-hybridized carbons (Fsp3) is 0.621. The molecular formula is C29H36O8. The number of aliphatic hydroxyl groups excluding tert-OH is 1. The minimum Gasteiger partial charge on any atom is -0.507 e. The van der Waals surface area contributed by atoms with Gasteiger partial charge in [0.15, 0.2) is 28.7 Å². The van der Waals surface area contributed by atoms with Gasteiger partial charge in [0.2, 0.25) is 0 Å². The van der Waals surface area contributed by atoms with E-state index in [4.69, 9.17) is 0 Å². The van der Waals surface area contributed by atoms with E-state index >= 15 is 0 Å². The molecule has 3 unspecified atom stereocenters. The van der Waals surface area contributed by atoms with Crippen molar-refractivity contribution in [1.29, 1.82) is 0 Å². The molecule has 1 aromatic rings. The van der Waals surface area contributed by atoms with Crippen LogP contribution in [0.25, 0.3) is 0 Å². The third-order valence-corrected chi connectivity index (χ3v) is 9.86. The zero-order valence-corrected chi connectivity index (χ0v) is 22.6. The lowest BCUT2D eigenvalue weighted by Crippen LogP contribution is -2.82. The molecule has 0 amide bonds. The average Bonchev–Trinajstić information content (AvgIpc) is 2.78. The number of Topliss-reactive ketones (excluding diaryl/α,β-unsaturated/α-hetero) is 5. The highest BCUT2D eigenvalue weighted by atomic mass is 16.3. The zero-order chi connectivity index (χ0) is 28.2. The molecule has 0 aliphatic heterocycles. The molecule has 0 heterocycles. The number of rotatable bonds is 3. The Morgan fingerprint density at radius 3 is 2.05 bits per heavy atom. The third-order valence-electron chi connectivity index (χ3n) is 9.86. The molecule has 200 valence electrons. The van der Waals surface area contributed by atoms with Crippen molar-refractivity contribution in [3.05, 3.63) is 28.8 Å². The molecule has 1 aromatic carbocycles. The molecule has 37 heavy (non-hydrogen) atoms. The molecule has 2 fully saturated rings. The van der Waals surface area contributed by atoms with Crippen LogP contribution in [0.5, 0.6) is 5.75 Å². The Labute approximate surface area is 216 Å². The highest BCUT2D eigenvalue weighted by Gasteiger charge is 2.80. The number of hydrogen-bond donors (Lipinski definition) is 3. The molecule has 0 radical (unpaired) electrons. The van der Waals surface area contributed by atoms with E-state index in [1.807, 2.05) is 13.8 Å². The van der Waals surface area contributed by atoms with Crippen molar-refractivity contribution in [2.45, 2.75) is 78.9 Å². The highest BCUT2D eigenvalue weighted by molar-refractivity contribution is 6.33. The van der Waals surface area contributed by atoms with Crippen molar-refractivity contribution >= 4 is 28.9 Å². The lowest BCUT2D eigenvalue weighted by Gasteiger charge is -2.65. The average molecular weight is 513 g/mol. The maximum Gasteiger partial charge on any atom is 0.191 e. The highest BCUT2D eigenvalue weighted by Crippen LogP contribution is 2.66. The molecule has 3 N–H and O–H groups in total. The first-order valence-electron chi connectivity index (χ1n) is 12.9. The molecule has 8 nitrogen and oxygen atoms in total. The van der Waals surface area contributed by atoms with Gasteiger partial charge in [0.05, 0.1) is 17.6 Å². The number of ketones is 5. The smallest absolute Gasteiger partial charge is 0.191 e. The Hall–Kier alpha value is -2.71. The van der Waals surface area contributed by atoms with Crippen LogP contribution in [-0.4, -0.2) is 55.9 Å². The molecule has 8 atom stereocenters. The Bertz CT molecular complexity index is 1260. The number of phenols is 1. The first-order valence-corrected chi connectivity index (χ1v) is 12.9. The summed E-state index contributed by atoms with van der Waals surface area (Å²) in [4.78, 5) is 68.1. The first-order chi connectivity index (χ1) is 16.9. The predicted molar refractivity (Wildman–Crippen MR) is 133 cm³/mol. The van der Waals surface area contributed by atoms with Gasteiger partial charge in [-0.3, -0.25) is 24.0 Å². The van der Waals surface area contributed by atoms with Gasteiger partial charge in [0, 0.05) is 16.7 Å². The molecule has 3 aliphatic rings. The van der Waals surface area contributed by atoms with Crippen LogP contribution < -0.4 is 0 Å². The minimum atomic E-state index is -2.95. The van der Waals surface area contributed by atoms with Crippen LogP contribution in [0.4, 0.5) is 0 Å². The van der Waals surface area contributed by atoms with E-state index in [0.29, 0.717) is 5.56 Å². The molecular weight excluding hydrogens is 476 g/mol. The van der Waals surface area contributed by atoms with E-state index in [9.17, 15) is 39.3 Å². The van der Waals surface area contributed by atoms with Gasteiger partial charge in [0.1, 0.15) is 17.5 Å². The fourth-order valence-electron chi connectivity index (χ4n) is 7.96. The lowest BCUT2D eigenvalue weighted by molar-refractivity contribution is -0.240. The van der Waals surface area contributed by atoms with Crippen molar-refractivity contribution in [3.8, 4) is 5.75 Å². The summed E-state index contributed by atoms with van der Waals surface area (Å²) in [6.07, 6.45) is -1.66. The van der Waals surface area contributed by atoms with Crippen molar-refractivity contribution < 1.29 is 39.3 Å². The van der Waals surface area contributed by atoms with Crippen LogP contribution in [0, 0.1) is 34.5 Å². The second-order valence-electron chi connectivity index (χ2n) is 12.3. The largest absolute Gasteiger partial charge is 0.507 e. The Kier molecular flexibility index (Phi) is 6.01. The Morgan fingerprint density at radius 2 is 1.57 bits per heavy atom. The van der Waals surface area contributed by atoms with Gasteiger partial charge >= 0.3 is 0 Å². The summed E-state index contributed by atoms with van der Waals surface area (Å²) in [6.45, 7) is 12.9. The van der Waals surface area contributed by atoms with Crippen LogP contribution in [-0.2, 0) is 19.2 Å². The van der Waals surface area contributed by atoms with Crippen molar-refractivity contribution in [3.63, 3.8) is 0 Å². The van der Waals surface area contributed by atoms with Crippen LogP contribution in [0.2, 0.25) is 0 Å². The second kappa shape index (κ2) is 8.14. The topological polar surface area (TPSA) is 146 Å². The van der Waals surface area contributed by atoms with E-state index in [1.165, 1.54) is 13.0 Å². The number of benzene rings is 1. The third kappa shape index (κ3) is 2.94. The van der Waals surface area contributed by atoms with E-state index in [-0.39, 0.29) is 17.2 Å². The molecule has 3 aliphatic carbocycles. The number of aromatic hydroxyl groups is 1. The number of fused-ring (bicyclic) bond motifs is 3. The quantitative estimate of drug-likeness (QED) is 0.524. The molecule has 8 heteroatoms. The second-order valence-corrected chi connectivity index (χ2v) is 12.3. The van der Waals surface area contributed by atoms with E-state index in [1.54, 1.807) is 33.8 Å². The SMILES string of the molecule is CC(=O)C1C(=O)C(C(C)C)[C@@]2(C)[C@H](O)[C@]3(C)C(C(=O)c4c(O)ccc(C(C)C)c4[C@H]3C)C(=O)[C@@]2(O)C1=O. The number of carbonyl (C=O) groups excluding carboxylic acids is 5. The summed E-state index contributed by atoms with van der Waals surface area (Å²) in [5.41, 5.74) is -5.24. The summed E-state index contributed by atoms with van der Waals surface area (Å²) in [5, 5.41) is 35.0. The van der Waals surface area contributed by atoms with Crippen LogP contribution in [0.3, 0.4) is 0 Å². The van der Waals surface area contributed by atoms with Gasteiger partial charge < -0.3 is 15.3 Å². The van der Waals surface area contributed by atoms with Gasteiger partial charge in [-0.1, -0.05) is 54.5 Å². The Balaban J connectivity index is 2.10. The van der Waals surface area contributed by atoms with E-state index in [0.717, 1.165) is 12.5 Å². The maximum absolute atomic E-state index is 14.3. The van der Waals surface area contributed by atoms with Crippen LogP contribution >= 0.6 is 0 Å². The van der Waals surface area contributed by atoms with Crippen molar-refractivity contribution in [2.75, 3.05) is 0 Å². The van der Waals surface area contributed by atoms with Crippen LogP contribution in [0.15, 0.2) is 12.1 Å². The van der Waals surface area contributed by atoms with Crippen LogP contribution in [0.1, 0.15) is 88.7 Å². The standard InChI is InChI=1S/C29H36O8/c1-11(2)15-9-10-16(31)19-17(15)13(5)27(7)21(23(19)33)25(35)29(37)24(34)18(14(6)30)22(32)20(12(3)4)28(29,8)26(27)36/h9-13,18,20-21,26,31,36-37H,1-8H3/t13-,18?,20?,21?,26-,27+,28+,29+/m1/s1. The molecule has 0 saturated heterocycles. The van der Waals surface area contributed by atoms with Gasteiger partial charge in [-0.25, -0.2) is 0 Å². The van der Waals surface area contributed by atoms with Crippen molar-refractivity contribution in [1.82, 2.24) is 0 Å². The normalized spacial score (nSPS) is 39.5. The predicted octanol–water partition coefficient (Wildman–Crippen LogP) is 2.75. The Morgan fingerprint density at radius 1 is 1.00 bits per heavy atom. The van der Waals surface area contributed by atoms with Gasteiger partial charge in [-0.15, -0.1) is 0 Å². The summed E-state index contributed by atoms with van der Waals surface area (Å²) in [6, 6.07) is 3.10. The number of aliphatic hydroxyl groups is 2. The summed E-state index contributed by atoms with van der Waals surface area (Å²) in [5.74, 6) is -11.1.